The molecule has 0 aliphatic carbocycles. The third-order valence-electron chi connectivity index (χ3n) is 6.15. The van der Waals surface area contributed by atoms with Gasteiger partial charge in [-0.3, -0.25) is 9.59 Å². The molecule has 2 aliphatic heterocycles. The van der Waals surface area contributed by atoms with Crippen LogP contribution in [0.2, 0.25) is 0 Å². The largest absolute Gasteiger partial charge is 0.352 e. The van der Waals surface area contributed by atoms with E-state index in [1.54, 1.807) is 29.4 Å². The third-order valence-corrected chi connectivity index (χ3v) is 8.39. The molecule has 0 radical (unpaired) electrons. The number of anilines is 1. The molecule has 4 rings (SSSR count). The molecule has 184 valence electrons. The summed E-state index contributed by atoms with van der Waals surface area (Å²) < 4.78 is 2.20. The Labute approximate surface area is 210 Å². The average molecular weight is 502 g/mol. The fourth-order valence-electron chi connectivity index (χ4n) is 4.44. The quantitative estimate of drug-likeness (QED) is 0.371. The topological polar surface area (TPSA) is 77.6 Å². The van der Waals surface area contributed by atoms with Crippen molar-refractivity contribution in [2.75, 3.05) is 42.8 Å². The maximum atomic E-state index is 13.7. The minimum absolute atomic E-state index is 0.0146. The first-order valence-corrected chi connectivity index (χ1v) is 14.2. The summed E-state index contributed by atoms with van der Waals surface area (Å²) in [5, 5.41) is 9.43. The van der Waals surface area contributed by atoms with Crippen molar-refractivity contribution in [3.8, 4) is 0 Å². The number of carbonyl (C=O) groups is 2. The van der Waals surface area contributed by atoms with Gasteiger partial charge in [0.25, 0.3) is 11.8 Å². The van der Waals surface area contributed by atoms with Gasteiger partial charge in [-0.1, -0.05) is 6.92 Å². The summed E-state index contributed by atoms with van der Waals surface area (Å²) in [6.07, 6.45) is 4.98. The first kappa shape index (κ1) is 25.0. The summed E-state index contributed by atoms with van der Waals surface area (Å²) in [7, 11) is 0. The first-order valence-electron chi connectivity index (χ1n) is 12.3. The monoisotopic (exact) mass is 501 g/mol. The van der Waals surface area contributed by atoms with E-state index in [2.05, 4.69) is 26.8 Å². The second-order valence-corrected chi connectivity index (χ2v) is 10.9. The van der Waals surface area contributed by atoms with Crippen molar-refractivity contribution < 1.29 is 9.59 Å². The van der Waals surface area contributed by atoms with Crippen molar-refractivity contribution in [3.05, 3.63) is 45.4 Å². The van der Waals surface area contributed by atoms with Crippen molar-refractivity contribution in [3.63, 3.8) is 0 Å². The van der Waals surface area contributed by atoms with Gasteiger partial charge in [-0.15, -0.1) is 11.3 Å². The lowest BCUT2D eigenvalue weighted by atomic mass is 10.1. The predicted molar refractivity (Wildman–Crippen MR) is 141 cm³/mol. The van der Waals surface area contributed by atoms with E-state index in [0.717, 1.165) is 80.4 Å². The van der Waals surface area contributed by atoms with Crippen LogP contribution in [-0.2, 0) is 0 Å². The molecule has 0 bridgehead atoms. The Morgan fingerprint density at radius 1 is 1.12 bits per heavy atom. The van der Waals surface area contributed by atoms with Gasteiger partial charge in [0.2, 0.25) is 0 Å². The molecule has 3 heterocycles. The van der Waals surface area contributed by atoms with Crippen LogP contribution in [-0.4, -0.2) is 60.2 Å². The fourth-order valence-corrected chi connectivity index (χ4v) is 6.37. The van der Waals surface area contributed by atoms with Gasteiger partial charge in [0.15, 0.2) is 0 Å². The normalized spacial score (nSPS) is 18.0. The third kappa shape index (κ3) is 6.12. The molecule has 2 aromatic rings. The second-order valence-electron chi connectivity index (χ2n) is 8.90. The Morgan fingerprint density at radius 2 is 1.97 bits per heavy atom. The number of hydrogen-bond donors (Lipinski definition) is 2. The van der Waals surface area contributed by atoms with Crippen LogP contribution in [0.5, 0.6) is 0 Å². The van der Waals surface area contributed by atoms with Gasteiger partial charge in [0, 0.05) is 53.3 Å². The van der Waals surface area contributed by atoms with E-state index in [-0.39, 0.29) is 17.9 Å². The van der Waals surface area contributed by atoms with Gasteiger partial charge in [-0.25, -0.2) is 4.98 Å². The minimum atomic E-state index is -0.121. The van der Waals surface area contributed by atoms with E-state index in [9.17, 15) is 9.59 Å². The molecule has 9 heteroatoms. The fraction of sp³-hybridized carbons (Fsp3) is 0.560. The van der Waals surface area contributed by atoms with Gasteiger partial charge >= 0.3 is 0 Å². The van der Waals surface area contributed by atoms with Crippen molar-refractivity contribution >= 4 is 40.8 Å². The first-order chi connectivity index (χ1) is 16.6. The van der Waals surface area contributed by atoms with Crippen LogP contribution in [0.3, 0.4) is 0 Å². The molecule has 7 nitrogen and oxygen atoms in total. The summed E-state index contributed by atoms with van der Waals surface area (Å²) in [5.74, 6) is 0.922. The zero-order valence-electron chi connectivity index (χ0n) is 20.1. The van der Waals surface area contributed by atoms with Gasteiger partial charge in [0.1, 0.15) is 5.01 Å². The maximum absolute atomic E-state index is 13.7. The van der Waals surface area contributed by atoms with Crippen molar-refractivity contribution in [2.45, 2.75) is 52.0 Å². The SMILES string of the molecule is CCCNCCCNC(=O)c1cc(C(=O)N2CCCC2c2nc(C)cs2)cc(N2CCCS2)c1. The Balaban J connectivity index is 1.52. The summed E-state index contributed by atoms with van der Waals surface area (Å²) in [4.78, 5) is 33.3. The Hall–Kier alpha value is -2.10. The van der Waals surface area contributed by atoms with E-state index in [0.29, 0.717) is 17.7 Å². The zero-order valence-corrected chi connectivity index (χ0v) is 21.8. The van der Waals surface area contributed by atoms with Crippen LogP contribution in [0.1, 0.15) is 76.5 Å². The zero-order chi connectivity index (χ0) is 23.9. The lowest BCUT2D eigenvalue weighted by Crippen LogP contribution is -2.31. The van der Waals surface area contributed by atoms with E-state index in [1.807, 2.05) is 29.3 Å². The molecule has 2 amide bonds. The van der Waals surface area contributed by atoms with Crippen molar-refractivity contribution in [2.24, 2.45) is 0 Å². The standard InChI is InChI=1S/C25H35N5O2S2/c1-3-8-26-9-5-10-27-23(31)19-14-20(16-21(15-19)30-12-6-13-34-30)25(32)29-11-4-7-22(29)24-28-18(2)17-33-24/h14-17,22,26H,3-13H2,1-2H3,(H,27,31). The van der Waals surface area contributed by atoms with Gasteiger partial charge in [-0.2, -0.15) is 0 Å². The maximum Gasteiger partial charge on any atom is 0.254 e. The molecule has 2 aliphatic rings. The van der Waals surface area contributed by atoms with Crippen LogP contribution in [0.4, 0.5) is 5.69 Å². The summed E-state index contributed by atoms with van der Waals surface area (Å²) >= 11 is 3.38. The number of nitrogens with one attached hydrogen (secondary N) is 2. The van der Waals surface area contributed by atoms with Gasteiger partial charge in [-0.05, 0) is 82.3 Å². The summed E-state index contributed by atoms with van der Waals surface area (Å²) in [6.45, 7) is 8.26. The molecule has 2 saturated heterocycles. The van der Waals surface area contributed by atoms with Crippen LogP contribution in [0, 0.1) is 6.92 Å². The molecule has 1 unspecified atom stereocenters. The molecule has 0 saturated carbocycles. The highest BCUT2D eigenvalue weighted by Gasteiger charge is 2.33. The Bertz CT molecular complexity index is 989. The predicted octanol–water partition coefficient (Wildman–Crippen LogP) is 4.41. The van der Waals surface area contributed by atoms with E-state index in [1.165, 1.54) is 0 Å². The number of benzene rings is 1. The van der Waals surface area contributed by atoms with E-state index < -0.39 is 0 Å². The van der Waals surface area contributed by atoms with Crippen molar-refractivity contribution in [1.82, 2.24) is 20.5 Å². The number of nitrogens with zero attached hydrogens (tertiary/aromatic N) is 3. The lowest BCUT2D eigenvalue weighted by molar-refractivity contribution is 0.0735. The van der Waals surface area contributed by atoms with Gasteiger partial charge in [0.05, 0.1) is 6.04 Å². The number of thiazole rings is 1. The van der Waals surface area contributed by atoms with Crippen molar-refractivity contribution in [1.29, 1.82) is 0 Å². The van der Waals surface area contributed by atoms with E-state index in [4.69, 9.17) is 0 Å². The van der Waals surface area contributed by atoms with Gasteiger partial charge < -0.3 is 19.8 Å². The lowest BCUT2D eigenvalue weighted by Gasteiger charge is -2.25. The Morgan fingerprint density at radius 3 is 2.71 bits per heavy atom. The highest BCUT2D eigenvalue weighted by molar-refractivity contribution is 8.00. The minimum Gasteiger partial charge on any atom is -0.352 e. The number of amides is 2. The highest BCUT2D eigenvalue weighted by atomic mass is 32.2. The number of rotatable bonds is 10. The molecule has 2 fully saturated rings. The number of hydrogen-bond acceptors (Lipinski definition) is 7. The highest BCUT2D eigenvalue weighted by Crippen LogP contribution is 2.36. The van der Waals surface area contributed by atoms with Crippen LogP contribution >= 0.6 is 23.3 Å². The summed E-state index contributed by atoms with van der Waals surface area (Å²) in [5.41, 5.74) is 3.07. The van der Waals surface area contributed by atoms with E-state index >= 15 is 0 Å². The number of likely N-dealkylation sites (tertiary alicyclic amines) is 1. The molecule has 34 heavy (non-hydrogen) atoms. The van der Waals surface area contributed by atoms with Crippen LogP contribution in [0.15, 0.2) is 23.6 Å². The summed E-state index contributed by atoms with van der Waals surface area (Å²) in [6, 6.07) is 5.66. The molecule has 1 aromatic carbocycles. The molecule has 1 atom stereocenters. The molecule has 1 aromatic heterocycles. The molecule has 2 N–H and O–H groups in total. The Kier molecular flexibility index (Phi) is 8.86. The smallest absolute Gasteiger partial charge is 0.254 e. The number of aromatic nitrogens is 1. The van der Waals surface area contributed by atoms with Crippen LogP contribution in [0.25, 0.3) is 0 Å². The molecular formula is C25H35N5O2S2. The molecule has 0 spiro atoms. The van der Waals surface area contributed by atoms with Crippen LogP contribution < -0.4 is 14.9 Å². The number of aryl methyl sites for hydroxylation is 1. The second kappa shape index (κ2) is 12.0. The molecular weight excluding hydrogens is 466 g/mol. The number of carbonyl (C=O) groups excluding carboxylic acids is 2. The average Bonchev–Trinajstić information content (AvgIpc) is 3.62.